The normalized spacial score (nSPS) is 11.5. The molecule has 1 nitrogen and oxygen atoms in total. The van der Waals surface area contributed by atoms with Crippen LogP contribution in [-0.4, -0.2) is 6.54 Å². The molecule has 1 aromatic rings. The summed E-state index contributed by atoms with van der Waals surface area (Å²) in [6.45, 7) is 13.7. The lowest BCUT2D eigenvalue weighted by Gasteiger charge is -2.11. The summed E-state index contributed by atoms with van der Waals surface area (Å²) in [7, 11) is 0. The number of thioether (sulfide) groups is 1. The maximum Gasteiger partial charge on any atom is 0.0368 e. The fourth-order valence-electron chi connectivity index (χ4n) is 1.82. The van der Waals surface area contributed by atoms with Crippen molar-refractivity contribution in [2.75, 3.05) is 11.9 Å². The van der Waals surface area contributed by atoms with Crippen LogP contribution >= 0.6 is 11.8 Å². The van der Waals surface area contributed by atoms with Gasteiger partial charge < -0.3 is 5.32 Å². The first-order valence-corrected chi connectivity index (χ1v) is 8.28. The summed E-state index contributed by atoms with van der Waals surface area (Å²) in [6, 6.07) is 6.54. The number of hydrogen-bond acceptors (Lipinski definition) is 2. The molecule has 0 radical (unpaired) electrons. The summed E-state index contributed by atoms with van der Waals surface area (Å²) in [4.78, 5) is 1.25. The Kier molecular flexibility index (Phi) is 7.53. The minimum absolute atomic E-state index is 0.908. The fourth-order valence-corrected chi connectivity index (χ4v) is 2.73. The van der Waals surface area contributed by atoms with Gasteiger partial charge in [0.25, 0.3) is 0 Å². The Morgan fingerprint density at radius 3 is 2.60 bits per heavy atom. The summed E-state index contributed by atoms with van der Waals surface area (Å²) in [5, 5.41) is 5.76. The summed E-state index contributed by atoms with van der Waals surface area (Å²) >= 11 is 1.78. The van der Waals surface area contributed by atoms with Crippen LogP contribution in [0.25, 0.3) is 0 Å². The van der Waals surface area contributed by atoms with E-state index in [1.807, 2.05) is 0 Å². The number of allylic oxidation sites excluding steroid dienone is 1. The lowest BCUT2D eigenvalue weighted by atomic mass is 10.1. The average molecular weight is 289 g/mol. The number of nitrogens with one attached hydrogen (secondary N) is 1. The van der Waals surface area contributed by atoms with Crippen LogP contribution in [0.2, 0.25) is 0 Å². The van der Waals surface area contributed by atoms with E-state index >= 15 is 0 Å². The van der Waals surface area contributed by atoms with Gasteiger partial charge in [0, 0.05) is 12.2 Å². The van der Waals surface area contributed by atoms with E-state index < -0.39 is 0 Å². The Hall–Kier alpha value is -1.15. The molecular formula is C18H27NS. The van der Waals surface area contributed by atoms with E-state index in [0.717, 1.165) is 19.4 Å². The van der Waals surface area contributed by atoms with Gasteiger partial charge in [-0.15, -0.1) is 11.8 Å². The van der Waals surface area contributed by atoms with E-state index in [9.17, 15) is 0 Å². The predicted octanol–water partition coefficient (Wildman–Crippen LogP) is 6.06. The molecule has 0 spiro atoms. The molecule has 1 aromatic carbocycles. The lowest BCUT2D eigenvalue weighted by Crippen LogP contribution is -2.04. The molecule has 1 N–H and O–H groups in total. The molecule has 2 heteroatoms. The van der Waals surface area contributed by atoms with Gasteiger partial charge in [0.1, 0.15) is 0 Å². The van der Waals surface area contributed by atoms with E-state index in [2.05, 4.69) is 63.2 Å². The molecule has 0 aliphatic heterocycles. The second-order valence-electron chi connectivity index (χ2n) is 5.19. The number of aryl methyl sites for hydroxylation is 2. The molecular weight excluding hydrogens is 262 g/mol. The highest BCUT2D eigenvalue weighted by atomic mass is 32.2. The van der Waals surface area contributed by atoms with Gasteiger partial charge in [-0.1, -0.05) is 32.9 Å². The molecule has 0 saturated carbocycles. The number of rotatable bonds is 8. The molecule has 1 rings (SSSR count). The zero-order valence-electron chi connectivity index (χ0n) is 13.3. The second kappa shape index (κ2) is 8.91. The van der Waals surface area contributed by atoms with Crippen molar-refractivity contribution in [2.45, 2.75) is 47.0 Å². The highest BCUT2D eigenvalue weighted by Crippen LogP contribution is 2.23. The molecule has 0 heterocycles. The quantitative estimate of drug-likeness (QED) is 0.624. The second-order valence-corrected chi connectivity index (χ2v) is 6.24. The van der Waals surface area contributed by atoms with Gasteiger partial charge in [0.2, 0.25) is 0 Å². The summed E-state index contributed by atoms with van der Waals surface area (Å²) < 4.78 is 0. The maximum atomic E-state index is 4.09. The fraction of sp³-hybridized carbons (Fsp3) is 0.444. The summed E-state index contributed by atoms with van der Waals surface area (Å²) in [5.41, 5.74) is 5.30. The van der Waals surface area contributed by atoms with Crippen molar-refractivity contribution in [3.63, 3.8) is 0 Å². The summed E-state index contributed by atoms with van der Waals surface area (Å²) in [6.07, 6.45) is 3.34. The van der Waals surface area contributed by atoms with Gasteiger partial charge in [-0.2, -0.15) is 0 Å². The lowest BCUT2D eigenvalue weighted by molar-refractivity contribution is 0.950. The van der Waals surface area contributed by atoms with Crippen molar-refractivity contribution >= 4 is 17.4 Å². The van der Waals surface area contributed by atoms with E-state index in [4.69, 9.17) is 0 Å². The minimum Gasteiger partial charge on any atom is -0.381 e. The Bertz CT molecular complexity index is 474. The van der Waals surface area contributed by atoms with E-state index in [1.54, 1.807) is 11.8 Å². The first-order valence-electron chi connectivity index (χ1n) is 7.40. The van der Waals surface area contributed by atoms with Crippen molar-refractivity contribution < 1.29 is 0 Å². The van der Waals surface area contributed by atoms with Crippen LogP contribution in [0.5, 0.6) is 0 Å². The van der Waals surface area contributed by atoms with Crippen LogP contribution in [0, 0.1) is 13.8 Å². The van der Waals surface area contributed by atoms with E-state index in [1.165, 1.54) is 33.7 Å². The molecule has 0 amide bonds. The van der Waals surface area contributed by atoms with Crippen LogP contribution in [0.15, 0.2) is 40.7 Å². The van der Waals surface area contributed by atoms with Crippen molar-refractivity contribution in [3.05, 3.63) is 51.8 Å². The molecule has 110 valence electrons. The number of hydrogen-bond donors (Lipinski definition) is 1. The van der Waals surface area contributed by atoms with Crippen molar-refractivity contribution in [3.8, 4) is 0 Å². The van der Waals surface area contributed by atoms with Gasteiger partial charge in [0.15, 0.2) is 0 Å². The molecule has 0 aliphatic carbocycles. The first kappa shape index (κ1) is 16.9. The Morgan fingerprint density at radius 2 is 2.00 bits per heavy atom. The summed E-state index contributed by atoms with van der Waals surface area (Å²) in [5.74, 6) is 0. The van der Waals surface area contributed by atoms with Crippen molar-refractivity contribution in [1.82, 2.24) is 0 Å². The van der Waals surface area contributed by atoms with Gasteiger partial charge in [0.05, 0.1) is 0 Å². The van der Waals surface area contributed by atoms with Crippen LogP contribution < -0.4 is 5.32 Å². The predicted molar refractivity (Wildman–Crippen MR) is 94.4 cm³/mol. The van der Waals surface area contributed by atoms with E-state index in [-0.39, 0.29) is 0 Å². The zero-order chi connectivity index (χ0) is 15.0. The monoisotopic (exact) mass is 289 g/mol. The first-order chi connectivity index (χ1) is 9.56. The van der Waals surface area contributed by atoms with Gasteiger partial charge in [-0.05, 0) is 65.8 Å². The van der Waals surface area contributed by atoms with Gasteiger partial charge >= 0.3 is 0 Å². The number of anilines is 1. The third kappa shape index (κ3) is 5.87. The Labute approximate surface area is 128 Å². The highest BCUT2D eigenvalue weighted by Gasteiger charge is 1.99. The van der Waals surface area contributed by atoms with Crippen molar-refractivity contribution in [1.29, 1.82) is 0 Å². The number of benzene rings is 1. The smallest absolute Gasteiger partial charge is 0.0368 e. The van der Waals surface area contributed by atoms with Crippen molar-refractivity contribution in [2.24, 2.45) is 0 Å². The van der Waals surface area contributed by atoms with Crippen LogP contribution in [0.1, 0.15) is 44.2 Å². The van der Waals surface area contributed by atoms with Crippen LogP contribution in [-0.2, 0) is 0 Å². The molecule has 0 saturated heterocycles. The van der Waals surface area contributed by atoms with Gasteiger partial charge in [-0.3, -0.25) is 0 Å². The molecule has 20 heavy (non-hydrogen) atoms. The minimum atomic E-state index is 0.908. The molecule has 0 aliphatic rings. The van der Waals surface area contributed by atoms with Gasteiger partial charge in [-0.25, -0.2) is 0 Å². The van der Waals surface area contributed by atoms with Crippen LogP contribution in [0.3, 0.4) is 0 Å². The maximum absolute atomic E-state index is 4.09. The molecule has 0 bridgehead atoms. The molecule has 0 atom stereocenters. The standard InChI is InChI=1S/C18H27NS/c1-6-8-16(5)20-13-17(7-2)12-19-18-10-9-14(3)15(4)11-18/h9-11,13,19H,5-8,12H2,1-4H3/b17-13+. The topological polar surface area (TPSA) is 12.0 Å². The van der Waals surface area contributed by atoms with Crippen LogP contribution in [0.4, 0.5) is 5.69 Å². The zero-order valence-corrected chi connectivity index (χ0v) is 14.1. The largest absolute Gasteiger partial charge is 0.381 e. The third-order valence-corrected chi connectivity index (χ3v) is 4.39. The van der Waals surface area contributed by atoms with E-state index in [0.29, 0.717) is 0 Å². The molecule has 0 unspecified atom stereocenters. The molecule has 0 aromatic heterocycles. The Balaban J connectivity index is 2.54. The SMILES string of the molecule is C=C(CCC)S/C=C(\CC)CNc1ccc(C)c(C)c1. The Morgan fingerprint density at radius 1 is 1.25 bits per heavy atom. The third-order valence-electron chi connectivity index (χ3n) is 3.40. The average Bonchev–Trinajstić information content (AvgIpc) is 2.43. The highest BCUT2D eigenvalue weighted by molar-refractivity contribution is 8.05. The molecule has 0 fully saturated rings.